The number of hydrogen-bond acceptors (Lipinski definition) is 6. The summed E-state index contributed by atoms with van der Waals surface area (Å²) >= 11 is 2.23. The van der Waals surface area contributed by atoms with Crippen molar-refractivity contribution in [2.24, 2.45) is 5.10 Å². The quantitative estimate of drug-likeness (QED) is 0.233. The van der Waals surface area contributed by atoms with E-state index in [2.05, 4.69) is 76.9 Å². The average molecular weight is 520 g/mol. The van der Waals surface area contributed by atoms with Crippen molar-refractivity contribution in [2.45, 2.75) is 26.7 Å². The van der Waals surface area contributed by atoms with Gasteiger partial charge in [0.1, 0.15) is 31.6 Å². The lowest BCUT2D eigenvalue weighted by molar-refractivity contribution is 0.209. The molecule has 8 heteroatoms. The molecule has 158 valence electrons. The van der Waals surface area contributed by atoms with Crippen LogP contribution in [0.3, 0.4) is 0 Å². The molecule has 0 amide bonds. The number of ether oxygens (including phenoxy) is 3. The summed E-state index contributed by atoms with van der Waals surface area (Å²) < 4.78 is 20.0. The van der Waals surface area contributed by atoms with E-state index in [0.717, 1.165) is 14.9 Å². The van der Waals surface area contributed by atoms with Crippen LogP contribution in [0.1, 0.15) is 36.5 Å². The average Bonchev–Trinajstić information content (AvgIpc) is 3.24. The minimum Gasteiger partial charge on any atom is -0.493 e. The molecule has 0 radical (unpaired) electrons. The molecule has 0 saturated carbocycles. The van der Waals surface area contributed by atoms with Crippen LogP contribution in [0, 0.1) is 10.5 Å². The van der Waals surface area contributed by atoms with Crippen molar-refractivity contribution >= 4 is 28.8 Å². The first-order valence-corrected chi connectivity index (χ1v) is 10.7. The van der Waals surface area contributed by atoms with Crippen molar-refractivity contribution in [3.05, 3.63) is 63.2 Å². The summed E-state index contributed by atoms with van der Waals surface area (Å²) in [5.74, 6) is 2.65. The van der Waals surface area contributed by atoms with E-state index in [-0.39, 0.29) is 0 Å². The number of aromatic nitrogens is 3. The lowest BCUT2D eigenvalue weighted by atomic mass is 10.0. The van der Waals surface area contributed by atoms with Crippen LogP contribution in [0.15, 0.2) is 48.1 Å². The minimum atomic E-state index is 0.398. The number of methoxy groups -OCH3 is 1. The van der Waals surface area contributed by atoms with Crippen molar-refractivity contribution in [2.75, 3.05) is 20.3 Å². The number of halogens is 1. The van der Waals surface area contributed by atoms with Gasteiger partial charge in [0.2, 0.25) is 0 Å². The van der Waals surface area contributed by atoms with Crippen LogP contribution >= 0.6 is 22.6 Å². The molecule has 3 aromatic rings. The summed E-state index contributed by atoms with van der Waals surface area (Å²) in [4.78, 5) is 0. The number of aryl methyl sites for hydroxylation is 1. The molecule has 1 heterocycles. The molecular weight excluding hydrogens is 495 g/mol. The first-order valence-electron chi connectivity index (χ1n) is 9.60. The molecule has 0 aliphatic rings. The molecule has 0 aliphatic carbocycles. The second-order valence-electron chi connectivity index (χ2n) is 7.01. The summed E-state index contributed by atoms with van der Waals surface area (Å²) in [6.45, 7) is 7.24. The molecule has 3 rings (SSSR count). The van der Waals surface area contributed by atoms with E-state index < -0.39 is 0 Å². The summed E-state index contributed by atoms with van der Waals surface area (Å²) in [5, 5.41) is 11.7. The molecule has 0 aliphatic heterocycles. The first kappa shape index (κ1) is 22.1. The second-order valence-corrected chi connectivity index (χ2v) is 8.18. The Bertz CT molecular complexity index is 1000. The number of nitrogens with zero attached hydrogens (tertiary/aromatic N) is 4. The fraction of sp³-hybridized carbons (Fsp3) is 0.318. The predicted molar refractivity (Wildman–Crippen MR) is 125 cm³/mol. The summed E-state index contributed by atoms with van der Waals surface area (Å²) in [6, 6.07) is 10.2. The van der Waals surface area contributed by atoms with Gasteiger partial charge in [-0.05, 0) is 70.3 Å². The summed E-state index contributed by atoms with van der Waals surface area (Å²) in [5.41, 5.74) is 3.26. The van der Waals surface area contributed by atoms with E-state index in [4.69, 9.17) is 14.2 Å². The molecule has 0 atom stereocenters. The Morgan fingerprint density at radius 2 is 1.80 bits per heavy atom. The molecule has 0 bridgehead atoms. The van der Waals surface area contributed by atoms with Gasteiger partial charge in [0, 0.05) is 0 Å². The Labute approximate surface area is 190 Å². The molecule has 7 nitrogen and oxygen atoms in total. The van der Waals surface area contributed by atoms with Gasteiger partial charge in [-0.25, -0.2) is 4.68 Å². The van der Waals surface area contributed by atoms with Gasteiger partial charge >= 0.3 is 0 Å². The zero-order valence-electron chi connectivity index (χ0n) is 17.5. The van der Waals surface area contributed by atoms with Gasteiger partial charge in [0.05, 0.1) is 16.9 Å². The van der Waals surface area contributed by atoms with Crippen molar-refractivity contribution in [3.63, 3.8) is 0 Å². The van der Waals surface area contributed by atoms with Crippen LogP contribution in [0.25, 0.3) is 0 Å². The maximum absolute atomic E-state index is 6.01. The molecule has 0 fully saturated rings. The summed E-state index contributed by atoms with van der Waals surface area (Å²) in [7, 11) is 1.62. The van der Waals surface area contributed by atoms with Crippen LogP contribution in [-0.4, -0.2) is 41.4 Å². The lowest BCUT2D eigenvalue weighted by Crippen LogP contribution is -2.11. The maximum atomic E-state index is 6.01. The molecule has 2 aromatic carbocycles. The van der Waals surface area contributed by atoms with E-state index in [1.165, 1.54) is 28.5 Å². The smallest absolute Gasteiger partial charge is 0.174 e. The van der Waals surface area contributed by atoms with Crippen LogP contribution in [-0.2, 0) is 0 Å². The van der Waals surface area contributed by atoms with Crippen molar-refractivity contribution < 1.29 is 14.2 Å². The normalized spacial score (nSPS) is 11.3. The molecule has 1 aromatic heterocycles. The zero-order chi connectivity index (χ0) is 21.5. The van der Waals surface area contributed by atoms with Gasteiger partial charge in [-0.2, -0.15) is 5.10 Å². The number of rotatable bonds is 9. The highest BCUT2D eigenvalue weighted by Crippen LogP contribution is 2.34. The number of hydrogen-bond donors (Lipinski definition) is 0. The lowest BCUT2D eigenvalue weighted by Gasteiger charge is -2.16. The highest BCUT2D eigenvalue weighted by molar-refractivity contribution is 14.1. The maximum Gasteiger partial charge on any atom is 0.174 e. The molecule has 0 spiro atoms. The standard InChI is InChI=1S/C22H25IN4O3/c1-15(2)18-6-5-16(3)9-20(18)29-7-8-30-22-19(23)10-17(11-21(22)28-4)12-26-27-13-24-25-14-27/h5-6,9-15H,7-8H2,1-4H3. The fourth-order valence-corrected chi connectivity index (χ4v) is 3.66. The van der Waals surface area contributed by atoms with E-state index in [0.29, 0.717) is 30.6 Å². The zero-order valence-corrected chi connectivity index (χ0v) is 19.7. The Kier molecular flexibility index (Phi) is 7.67. The van der Waals surface area contributed by atoms with Crippen LogP contribution < -0.4 is 14.2 Å². The monoisotopic (exact) mass is 520 g/mol. The van der Waals surface area contributed by atoms with E-state index in [9.17, 15) is 0 Å². The van der Waals surface area contributed by atoms with E-state index >= 15 is 0 Å². The summed E-state index contributed by atoms with van der Waals surface area (Å²) in [6.07, 6.45) is 4.76. The SMILES string of the molecule is COc1cc(C=Nn2cnnc2)cc(I)c1OCCOc1cc(C)ccc1C(C)C. The van der Waals surface area contributed by atoms with Gasteiger partial charge < -0.3 is 14.2 Å². The third kappa shape index (κ3) is 5.71. The van der Waals surface area contributed by atoms with E-state index in [1.54, 1.807) is 13.3 Å². The molecular formula is C22H25IN4O3. The number of benzene rings is 2. The second kappa shape index (κ2) is 10.4. The molecule has 0 unspecified atom stereocenters. The highest BCUT2D eigenvalue weighted by Gasteiger charge is 2.12. The van der Waals surface area contributed by atoms with Crippen LogP contribution in [0.4, 0.5) is 0 Å². The van der Waals surface area contributed by atoms with Crippen molar-refractivity contribution in [3.8, 4) is 17.2 Å². The molecule has 0 saturated heterocycles. The molecule has 30 heavy (non-hydrogen) atoms. The predicted octanol–water partition coefficient (Wildman–Crippen LogP) is 4.66. The minimum absolute atomic E-state index is 0.398. The first-order chi connectivity index (χ1) is 14.5. The largest absolute Gasteiger partial charge is 0.493 e. The third-order valence-corrected chi connectivity index (χ3v) is 5.18. The van der Waals surface area contributed by atoms with Gasteiger partial charge in [0.15, 0.2) is 11.5 Å². The van der Waals surface area contributed by atoms with Crippen LogP contribution in [0.5, 0.6) is 17.2 Å². The Balaban J connectivity index is 1.65. The Hall–Kier alpha value is -2.62. The van der Waals surface area contributed by atoms with Gasteiger partial charge in [-0.3, -0.25) is 0 Å². The third-order valence-electron chi connectivity index (χ3n) is 4.38. The van der Waals surface area contributed by atoms with Gasteiger partial charge in [-0.15, -0.1) is 10.2 Å². The van der Waals surface area contributed by atoms with Gasteiger partial charge in [-0.1, -0.05) is 26.0 Å². The van der Waals surface area contributed by atoms with Crippen molar-refractivity contribution in [1.29, 1.82) is 0 Å². The topological polar surface area (TPSA) is 70.8 Å². The molecule has 0 N–H and O–H groups in total. The van der Waals surface area contributed by atoms with Crippen molar-refractivity contribution in [1.82, 2.24) is 14.9 Å². The van der Waals surface area contributed by atoms with Crippen LogP contribution in [0.2, 0.25) is 0 Å². The Morgan fingerprint density at radius 3 is 2.50 bits per heavy atom. The fourth-order valence-electron chi connectivity index (χ4n) is 2.88. The Morgan fingerprint density at radius 1 is 1.07 bits per heavy atom. The van der Waals surface area contributed by atoms with E-state index in [1.807, 2.05) is 12.1 Å². The van der Waals surface area contributed by atoms with Gasteiger partial charge in [0.25, 0.3) is 0 Å². The highest BCUT2D eigenvalue weighted by atomic mass is 127.